The van der Waals surface area contributed by atoms with Gasteiger partial charge in [0.2, 0.25) is 0 Å². The molecule has 1 saturated carbocycles. The number of rotatable bonds is 5. The van der Waals surface area contributed by atoms with Crippen LogP contribution in [0.2, 0.25) is 0 Å². The molecule has 0 saturated heterocycles. The maximum absolute atomic E-state index is 9.13. The van der Waals surface area contributed by atoms with Crippen molar-refractivity contribution in [2.24, 2.45) is 0 Å². The van der Waals surface area contributed by atoms with Gasteiger partial charge in [-0.1, -0.05) is 32.6 Å². The summed E-state index contributed by atoms with van der Waals surface area (Å²) in [6, 6.07) is 0. The summed E-state index contributed by atoms with van der Waals surface area (Å²) in [5.74, 6) is 0. The Bertz CT molecular complexity index is 139. The van der Waals surface area contributed by atoms with Crippen LogP contribution in [0, 0.1) is 0 Å². The van der Waals surface area contributed by atoms with Crippen LogP contribution < -0.4 is 5.32 Å². The normalized spacial score (nSPS) is 21.9. The van der Waals surface area contributed by atoms with E-state index in [1.165, 1.54) is 44.9 Å². The van der Waals surface area contributed by atoms with Crippen molar-refractivity contribution in [2.75, 3.05) is 13.2 Å². The number of aliphatic hydroxyl groups is 1. The highest BCUT2D eigenvalue weighted by atomic mass is 16.3. The summed E-state index contributed by atoms with van der Waals surface area (Å²) in [5, 5.41) is 12.8. The second-order valence-corrected chi connectivity index (χ2v) is 4.59. The van der Waals surface area contributed by atoms with E-state index in [-0.39, 0.29) is 5.54 Å². The van der Waals surface area contributed by atoms with E-state index >= 15 is 0 Å². The van der Waals surface area contributed by atoms with Crippen LogP contribution in [0.1, 0.15) is 58.3 Å². The van der Waals surface area contributed by atoms with Gasteiger partial charge in [0.25, 0.3) is 0 Å². The van der Waals surface area contributed by atoms with Gasteiger partial charge in [-0.3, -0.25) is 0 Å². The fourth-order valence-corrected chi connectivity index (χ4v) is 2.52. The number of hydrogen-bond acceptors (Lipinski definition) is 2. The van der Waals surface area contributed by atoms with Gasteiger partial charge >= 0.3 is 0 Å². The smallest absolute Gasteiger partial charge is 0.0448 e. The van der Waals surface area contributed by atoms with Gasteiger partial charge in [0.05, 0.1) is 0 Å². The summed E-state index contributed by atoms with van der Waals surface area (Å²) < 4.78 is 0. The molecule has 1 aliphatic rings. The van der Waals surface area contributed by atoms with Crippen LogP contribution in [0.25, 0.3) is 0 Å². The first kappa shape index (κ1) is 12.0. The number of aliphatic hydroxyl groups excluding tert-OH is 1. The van der Waals surface area contributed by atoms with E-state index in [9.17, 15) is 0 Å². The summed E-state index contributed by atoms with van der Waals surface area (Å²) >= 11 is 0. The Kier molecular flexibility index (Phi) is 5.49. The lowest BCUT2D eigenvalue weighted by Gasteiger charge is -2.33. The molecule has 0 aliphatic heterocycles. The Balaban J connectivity index is 2.48. The van der Waals surface area contributed by atoms with Gasteiger partial charge in [-0.15, -0.1) is 0 Å². The zero-order chi connectivity index (χ0) is 10.3. The van der Waals surface area contributed by atoms with Crippen molar-refractivity contribution in [2.45, 2.75) is 63.8 Å². The largest absolute Gasteiger partial charge is 0.396 e. The van der Waals surface area contributed by atoms with Gasteiger partial charge in [0, 0.05) is 12.1 Å². The molecule has 1 aliphatic carbocycles. The highest BCUT2D eigenvalue weighted by molar-refractivity contribution is 4.89. The Labute approximate surface area is 88.1 Å². The highest BCUT2D eigenvalue weighted by Gasteiger charge is 2.28. The van der Waals surface area contributed by atoms with Crippen molar-refractivity contribution < 1.29 is 5.11 Å². The molecule has 1 rings (SSSR count). The van der Waals surface area contributed by atoms with Crippen molar-refractivity contribution in [3.8, 4) is 0 Å². The molecular weight excluding hydrogens is 174 g/mol. The van der Waals surface area contributed by atoms with Crippen LogP contribution in [-0.2, 0) is 0 Å². The van der Waals surface area contributed by atoms with Crippen LogP contribution in [0.4, 0.5) is 0 Å². The van der Waals surface area contributed by atoms with Crippen molar-refractivity contribution in [3.63, 3.8) is 0 Å². The van der Waals surface area contributed by atoms with Crippen LogP contribution in [0.15, 0.2) is 0 Å². The monoisotopic (exact) mass is 199 g/mol. The van der Waals surface area contributed by atoms with Gasteiger partial charge in [-0.05, 0) is 32.2 Å². The fourth-order valence-electron chi connectivity index (χ4n) is 2.52. The predicted octanol–water partition coefficient (Wildman–Crippen LogP) is 2.46. The quantitative estimate of drug-likeness (QED) is 0.667. The lowest BCUT2D eigenvalue weighted by molar-refractivity contribution is 0.191. The zero-order valence-corrected chi connectivity index (χ0v) is 9.52. The molecule has 84 valence electrons. The first-order chi connectivity index (χ1) is 6.83. The van der Waals surface area contributed by atoms with Crippen molar-refractivity contribution in [1.82, 2.24) is 5.32 Å². The lowest BCUT2D eigenvalue weighted by Crippen LogP contribution is -2.45. The molecule has 0 spiro atoms. The number of nitrogens with one attached hydrogen (secondary N) is 1. The van der Waals surface area contributed by atoms with Crippen LogP contribution in [0.5, 0.6) is 0 Å². The molecule has 0 aromatic heterocycles. The topological polar surface area (TPSA) is 32.3 Å². The first-order valence-electron chi connectivity index (χ1n) is 6.19. The average molecular weight is 199 g/mol. The molecule has 0 atom stereocenters. The molecule has 0 heterocycles. The molecule has 0 aromatic rings. The summed E-state index contributed by atoms with van der Waals surface area (Å²) in [7, 11) is 0. The summed E-state index contributed by atoms with van der Waals surface area (Å²) in [6.45, 7) is 3.63. The second-order valence-electron chi connectivity index (χ2n) is 4.59. The van der Waals surface area contributed by atoms with E-state index in [1.807, 2.05) is 0 Å². The Morgan fingerprint density at radius 3 is 2.29 bits per heavy atom. The molecule has 2 heteroatoms. The minimum atomic E-state index is 0.265. The van der Waals surface area contributed by atoms with Crippen LogP contribution in [-0.4, -0.2) is 23.8 Å². The van der Waals surface area contributed by atoms with Crippen LogP contribution in [0.3, 0.4) is 0 Å². The van der Waals surface area contributed by atoms with E-state index in [2.05, 4.69) is 12.2 Å². The molecule has 2 N–H and O–H groups in total. The molecule has 2 nitrogen and oxygen atoms in total. The predicted molar refractivity (Wildman–Crippen MR) is 60.4 cm³/mol. The SMILES string of the molecule is CCCNC1(CCO)CCCCCC1. The van der Waals surface area contributed by atoms with Gasteiger partial charge in [-0.2, -0.15) is 0 Å². The van der Waals surface area contributed by atoms with E-state index in [1.54, 1.807) is 0 Å². The minimum Gasteiger partial charge on any atom is -0.396 e. The maximum Gasteiger partial charge on any atom is 0.0448 e. The molecule has 0 radical (unpaired) electrons. The van der Waals surface area contributed by atoms with Gasteiger partial charge in [0.15, 0.2) is 0 Å². The minimum absolute atomic E-state index is 0.265. The molecule has 0 amide bonds. The number of hydrogen-bond donors (Lipinski definition) is 2. The maximum atomic E-state index is 9.13. The standard InChI is InChI=1S/C12H25NO/c1-2-10-13-12(9-11-14)7-5-3-4-6-8-12/h13-14H,2-11H2,1H3. The van der Waals surface area contributed by atoms with Gasteiger partial charge in [0.1, 0.15) is 0 Å². The van der Waals surface area contributed by atoms with E-state index in [0.717, 1.165) is 13.0 Å². The summed E-state index contributed by atoms with van der Waals surface area (Å²) in [6.07, 6.45) is 10.1. The van der Waals surface area contributed by atoms with Crippen LogP contribution >= 0.6 is 0 Å². The van der Waals surface area contributed by atoms with Crippen molar-refractivity contribution in [1.29, 1.82) is 0 Å². The molecule has 14 heavy (non-hydrogen) atoms. The molecule has 0 bridgehead atoms. The Hall–Kier alpha value is -0.0800. The summed E-state index contributed by atoms with van der Waals surface area (Å²) in [5.41, 5.74) is 0.265. The van der Waals surface area contributed by atoms with E-state index < -0.39 is 0 Å². The lowest BCUT2D eigenvalue weighted by atomic mass is 9.87. The molecule has 0 unspecified atom stereocenters. The van der Waals surface area contributed by atoms with E-state index in [0.29, 0.717) is 6.61 Å². The highest BCUT2D eigenvalue weighted by Crippen LogP contribution is 2.29. The third kappa shape index (κ3) is 3.58. The molecule has 0 aromatic carbocycles. The summed E-state index contributed by atoms with van der Waals surface area (Å²) in [4.78, 5) is 0. The first-order valence-corrected chi connectivity index (χ1v) is 6.19. The van der Waals surface area contributed by atoms with Crippen molar-refractivity contribution >= 4 is 0 Å². The molecule has 1 fully saturated rings. The van der Waals surface area contributed by atoms with Gasteiger partial charge < -0.3 is 10.4 Å². The third-order valence-electron chi connectivity index (χ3n) is 3.40. The fraction of sp³-hybridized carbons (Fsp3) is 1.00. The zero-order valence-electron chi connectivity index (χ0n) is 9.52. The van der Waals surface area contributed by atoms with Crippen molar-refractivity contribution in [3.05, 3.63) is 0 Å². The molecular formula is C12H25NO. The average Bonchev–Trinajstić information content (AvgIpc) is 2.42. The Morgan fingerprint density at radius 1 is 1.14 bits per heavy atom. The Morgan fingerprint density at radius 2 is 1.79 bits per heavy atom. The van der Waals surface area contributed by atoms with Gasteiger partial charge in [-0.25, -0.2) is 0 Å². The van der Waals surface area contributed by atoms with E-state index in [4.69, 9.17) is 5.11 Å². The second kappa shape index (κ2) is 6.41. The third-order valence-corrected chi connectivity index (χ3v) is 3.40.